The number of hydrogen-bond acceptors (Lipinski definition) is 2. The van der Waals surface area contributed by atoms with E-state index in [1.807, 2.05) is 18.2 Å². The van der Waals surface area contributed by atoms with Crippen LogP contribution in [0.5, 0.6) is 0 Å². The summed E-state index contributed by atoms with van der Waals surface area (Å²) < 4.78 is 2.15. The van der Waals surface area contributed by atoms with Crippen LogP contribution in [0.2, 0.25) is 5.02 Å². The number of nitrogens with zero attached hydrogens (tertiary/aromatic N) is 3. The molecule has 3 nitrogen and oxygen atoms in total. The van der Waals surface area contributed by atoms with Crippen molar-refractivity contribution >= 4 is 34.2 Å². The molecule has 0 spiro atoms. The van der Waals surface area contributed by atoms with Crippen LogP contribution in [0.1, 0.15) is 12.7 Å². The quantitative estimate of drug-likeness (QED) is 0.786. The Morgan fingerprint density at radius 3 is 2.83 bits per heavy atom. The van der Waals surface area contributed by atoms with Crippen molar-refractivity contribution < 1.29 is 0 Å². The van der Waals surface area contributed by atoms with Gasteiger partial charge in [0, 0.05) is 18.1 Å². The third-order valence-corrected chi connectivity index (χ3v) is 3.63. The van der Waals surface area contributed by atoms with Crippen LogP contribution >= 0.6 is 23.2 Å². The van der Waals surface area contributed by atoms with Crippen LogP contribution in [0.15, 0.2) is 18.2 Å². The lowest BCUT2D eigenvalue weighted by molar-refractivity contribution is 0.335. The largest absolute Gasteiger partial charge is 0.326 e. The maximum Gasteiger partial charge on any atom is 0.124 e. The number of benzene rings is 1. The van der Waals surface area contributed by atoms with Gasteiger partial charge in [0.2, 0.25) is 0 Å². The van der Waals surface area contributed by atoms with Crippen molar-refractivity contribution in [3.63, 3.8) is 0 Å². The maximum atomic E-state index is 6.05. The van der Waals surface area contributed by atoms with Gasteiger partial charge < -0.3 is 9.47 Å². The first-order valence-corrected chi connectivity index (χ1v) is 6.96. The Labute approximate surface area is 117 Å². The van der Waals surface area contributed by atoms with Crippen LogP contribution in [0, 0.1) is 0 Å². The third kappa shape index (κ3) is 2.79. The zero-order valence-electron chi connectivity index (χ0n) is 10.7. The molecule has 2 aromatic rings. The van der Waals surface area contributed by atoms with Gasteiger partial charge in [0.05, 0.1) is 16.9 Å². The first kappa shape index (κ1) is 13.7. The molecule has 2 rings (SSSR count). The monoisotopic (exact) mass is 285 g/mol. The number of imidazole rings is 1. The van der Waals surface area contributed by atoms with E-state index in [-0.39, 0.29) is 0 Å². The molecule has 0 unspecified atom stereocenters. The highest BCUT2D eigenvalue weighted by molar-refractivity contribution is 6.31. The van der Waals surface area contributed by atoms with E-state index in [1.165, 1.54) is 0 Å². The molecular formula is C13H17Cl2N3. The molecule has 1 aromatic carbocycles. The first-order chi connectivity index (χ1) is 8.65. The summed E-state index contributed by atoms with van der Waals surface area (Å²) in [5.74, 6) is 1.32. The Balaban J connectivity index is 2.36. The summed E-state index contributed by atoms with van der Waals surface area (Å²) in [5.41, 5.74) is 2.01. The van der Waals surface area contributed by atoms with Crippen molar-refractivity contribution in [2.24, 2.45) is 0 Å². The van der Waals surface area contributed by atoms with Gasteiger partial charge in [-0.25, -0.2) is 4.98 Å². The maximum absolute atomic E-state index is 6.05. The Bertz CT molecular complexity index is 536. The lowest BCUT2D eigenvalue weighted by Crippen LogP contribution is -2.23. The number of aromatic nitrogens is 2. The van der Waals surface area contributed by atoms with E-state index in [0.29, 0.717) is 5.88 Å². The minimum absolute atomic E-state index is 0.419. The minimum atomic E-state index is 0.419. The molecule has 18 heavy (non-hydrogen) atoms. The van der Waals surface area contributed by atoms with Gasteiger partial charge in [-0.2, -0.15) is 0 Å². The van der Waals surface area contributed by atoms with E-state index in [1.54, 1.807) is 0 Å². The third-order valence-electron chi connectivity index (χ3n) is 3.15. The summed E-state index contributed by atoms with van der Waals surface area (Å²) in [6, 6.07) is 5.75. The molecule has 0 N–H and O–H groups in total. The van der Waals surface area contributed by atoms with Gasteiger partial charge in [-0.3, -0.25) is 0 Å². The zero-order chi connectivity index (χ0) is 13.1. The molecule has 0 aliphatic heterocycles. The molecule has 5 heteroatoms. The molecule has 1 aromatic heterocycles. The van der Waals surface area contributed by atoms with Crippen LogP contribution in [0.25, 0.3) is 11.0 Å². The normalized spacial score (nSPS) is 11.6. The van der Waals surface area contributed by atoms with Crippen LogP contribution in [0.4, 0.5) is 0 Å². The summed E-state index contributed by atoms with van der Waals surface area (Å²) in [4.78, 5) is 6.79. The summed E-state index contributed by atoms with van der Waals surface area (Å²) in [7, 11) is 2.10. The smallest absolute Gasteiger partial charge is 0.124 e. The molecule has 0 amide bonds. The van der Waals surface area contributed by atoms with Gasteiger partial charge in [-0.1, -0.05) is 18.5 Å². The van der Waals surface area contributed by atoms with Crippen molar-refractivity contribution in [2.75, 3.05) is 20.1 Å². The second kappa shape index (κ2) is 5.91. The first-order valence-electron chi connectivity index (χ1n) is 6.05. The van der Waals surface area contributed by atoms with Gasteiger partial charge in [-0.05, 0) is 31.8 Å². The highest BCUT2D eigenvalue weighted by Crippen LogP contribution is 2.21. The predicted octanol–water partition coefficient (Wildman–Crippen LogP) is 3.38. The van der Waals surface area contributed by atoms with Crippen LogP contribution in [0.3, 0.4) is 0 Å². The Hall–Kier alpha value is -0.770. The van der Waals surface area contributed by atoms with E-state index < -0.39 is 0 Å². The number of halogens is 2. The SMILES string of the molecule is CCN(C)CCn1c(CCl)nc2ccc(Cl)cc21. The lowest BCUT2D eigenvalue weighted by Gasteiger charge is -2.15. The molecular weight excluding hydrogens is 269 g/mol. The Morgan fingerprint density at radius 2 is 2.17 bits per heavy atom. The van der Waals surface area contributed by atoms with Crippen molar-refractivity contribution in [2.45, 2.75) is 19.3 Å². The molecule has 0 saturated carbocycles. The fraction of sp³-hybridized carbons (Fsp3) is 0.462. The molecule has 0 atom stereocenters. The second-order valence-corrected chi connectivity index (χ2v) is 5.05. The topological polar surface area (TPSA) is 21.1 Å². The molecule has 0 fully saturated rings. The van der Waals surface area contributed by atoms with Gasteiger partial charge in [0.25, 0.3) is 0 Å². The number of hydrogen-bond donors (Lipinski definition) is 0. The fourth-order valence-electron chi connectivity index (χ4n) is 1.93. The fourth-order valence-corrected chi connectivity index (χ4v) is 2.30. The number of likely N-dealkylation sites (N-methyl/N-ethyl adjacent to an activating group) is 1. The average Bonchev–Trinajstić information content (AvgIpc) is 2.73. The molecule has 0 aliphatic carbocycles. The molecule has 0 bridgehead atoms. The standard InChI is InChI=1S/C13H17Cl2N3/c1-3-17(2)6-7-18-12-8-10(15)4-5-11(12)16-13(18)9-14/h4-5,8H,3,6-7,9H2,1-2H3. The molecule has 0 aliphatic rings. The van der Waals surface area contributed by atoms with Crippen molar-refractivity contribution in [1.82, 2.24) is 14.5 Å². The second-order valence-electron chi connectivity index (χ2n) is 4.34. The average molecular weight is 286 g/mol. The summed E-state index contributed by atoms with van der Waals surface area (Å²) >= 11 is 12.0. The van der Waals surface area contributed by atoms with Crippen LogP contribution < -0.4 is 0 Å². The zero-order valence-corrected chi connectivity index (χ0v) is 12.2. The molecule has 1 heterocycles. The predicted molar refractivity (Wildman–Crippen MR) is 77.5 cm³/mol. The van der Waals surface area contributed by atoms with E-state index >= 15 is 0 Å². The Morgan fingerprint density at radius 1 is 1.39 bits per heavy atom. The lowest BCUT2D eigenvalue weighted by atomic mass is 10.3. The van der Waals surface area contributed by atoms with E-state index in [0.717, 1.165) is 41.5 Å². The van der Waals surface area contributed by atoms with Gasteiger partial charge in [0.15, 0.2) is 0 Å². The minimum Gasteiger partial charge on any atom is -0.326 e. The number of rotatable bonds is 5. The summed E-state index contributed by atoms with van der Waals surface area (Å²) in [6.07, 6.45) is 0. The number of alkyl halides is 1. The van der Waals surface area contributed by atoms with E-state index in [4.69, 9.17) is 23.2 Å². The van der Waals surface area contributed by atoms with E-state index in [9.17, 15) is 0 Å². The van der Waals surface area contributed by atoms with Gasteiger partial charge >= 0.3 is 0 Å². The van der Waals surface area contributed by atoms with Gasteiger partial charge in [-0.15, -0.1) is 11.6 Å². The van der Waals surface area contributed by atoms with Crippen LogP contribution in [-0.4, -0.2) is 34.6 Å². The number of fused-ring (bicyclic) bond motifs is 1. The van der Waals surface area contributed by atoms with E-state index in [2.05, 4.69) is 28.4 Å². The van der Waals surface area contributed by atoms with Crippen molar-refractivity contribution in [3.05, 3.63) is 29.0 Å². The van der Waals surface area contributed by atoms with Crippen molar-refractivity contribution in [1.29, 1.82) is 0 Å². The van der Waals surface area contributed by atoms with Crippen molar-refractivity contribution in [3.8, 4) is 0 Å². The molecule has 0 saturated heterocycles. The van der Waals surface area contributed by atoms with Gasteiger partial charge in [0.1, 0.15) is 5.82 Å². The van der Waals surface area contributed by atoms with Crippen LogP contribution in [-0.2, 0) is 12.4 Å². The highest BCUT2D eigenvalue weighted by atomic mass is 35.5. The summed E-state index contributed by atoms with van der Waals surface area (Å²) in [5, 5.41) is 0.730. The molecule has 0 radical (unpaired) electrons. The Kier molecular flexibility index (Phi) is 4.49. The summed E-state index contributed by atoms with van der Waals surface area (Å²) in [6.45, 7) is 5.02. The highest BCUT2D eigenvalue weighted by Gasteiger charge is 2.10. The molecule has 98 valence electrons.